The second-order valence-corrected chi connectivity index (χ2v) is 8.59. The van der Waals surface area contributed by atoms with Gasteiger partial charge >= 0.3 is 6.18 Å². The molecule has 1 unspecified atom stereocenters. The van der Waals surface area contributed by atoms with E-state index in [0.29, 0.717) is 21.7 Å². The van der Waals surface area contributed by atoms with Crippen molar-refractivity contribution in [3.05, 3.63) is 59.7 Å². The molecule has 0 saturated carbocycles. The Morgan fingerprint density at radius 1 is 1.20 bits per heavy atom. The zero-order valence-corrected chi connectivity index (χ0v) is 19.0. The van der Waals surface area contributed by atoms with E-state index in [1.165, 1.54) is 24.3 Å². The number of ether oxygens (including phenoxy) is 1. The molecule has 0 aliphatic heterocycles. The number of halogens is 3. The Labute approximate surface area is 201 Å². The van der Waals surface area contributed by atoms with E-state index in [-0.39, 0.29) is 28.7 Å². The summed E-state index contributed by atoms with van der Waals surface area (Å²) in [4.78, 5) is 33.0. The number of amides is 2. The summed E-state index contributed by atoms with van der Waals surface area (Å²) in [5.74, 6) is -2.75. The Morgan fingerprint density at radius 3 is 2.74 bits per heavy atom. The van der Waals surface area contributed by atoms with Crippen molar-refractivity contribution in [1.29, 1.82) is 0 Å². The van der Waals surface area contributed by atoms with Gasteiger partial charge in [0.15, 0.2) is 5.13 Å². The number of carbonyl (C=O) groups excluding carboxylic acids is 2. The number of pyridine rings is 1. The molecule has 0 radical (unpaired) electrons. The fraction of sp³-hybridized carbons (Fsp3) is 0.217. The minimum absolute atomic E-state index is 0.213. The van der Waals surface area contributed by atoms with E-state index in [9.17, 15) is 22.8 Å². The third kappa shape index (κ3) is 5.66. The predicted molar refractivity (Wildman–Crippen MR) is 124 cm³/mol. The van der Waals surface area contributed by atoms with Crippen molar-refractivity contribution in [2.75, 3.05) is 17.2 Å². The number of allylic oxidation sites excluding steroid dienone is 3. The molecule has 4 rings (SSSR count). The molecule has 1 aliphatic carbocycles. The quantitative estimate of drug-likeness (QED) is 0.448. The minimum Gasteiger partial charge on any atom is -0.439 e. The Kier molecular flexibility index (Phi) is 6.85. The van der Waals surface area contributed by atoms with E-state index in [1.54, 1.807) is 31.2 Å². The monoisotopic (exact) mass is 504 g/mol. The Balaban J connectivity index is 1.52. The van der Waals surface area contributed by atoms with Crippen molar-refractivity contribution in [3.8, 4) is 11.6 Å². The summed E-state index contributed by atoms with van der Waals surface area (Å²) in [7, 11) is 0. The number of aryl methyl sites for hydroxylation is 1. The molecule has 1 atom stereocenters. The van der Waals surface area contributed by atoms with E-state index in [2.05, 4.69) is 20.6 Å². The average molecular weight is 504 g/mol. The maximum Gasteiger partial charge on any atom is 0.396 e. The van der Waals surface area contributed by atoms with Crippen LogP contribution in [0.15, 0.2) is 54.1 Å². The van der Waals surface area contributed by atoms with Crippen molar-refractivity contribution in [3.63, 3.8) is 0 Å². The molecule has 2 aromatic heterocycles. The van der Waals surface area contributed by atoms with Gasteiger partial charge in [0.25, 0.3) is 11.8 Å². The summed E-state index contributed by atoms with van der Waals surface area (Å²) in [6.45, 7) is 1.09. The van der Waals surface area contributed by atoms with Gasteiger partial charge in [-0.1, -0.05) is 35.6 Å². The van der Waals surface area contributed by atoms with Crippen LogP contribution in [0.5, 0.6) is 11.6 Å². The number of nitrogens with zero attached hydrogens (tertiary/aromatic N) is 2. The number of thiazole rings is 1. The van der Waals surface area contributed by atoms with Crippen molar-refractivity contribution in [2.24, 2.45) is 5.92 Å². The van der Waals surface area contributed by atoms with Gasteiger partial charge in [0, 0.05) is 23.4 Å². The topological polar surface area (TPSA) is 113 Å². The number of hydrogen-bond donors (Lipinski definition) is 3. The van der Waals surface area contributed by atoms with Crippen LogP contribution in [0.2, 0.25) is 0 Å². The van der Waals surface area contributed by atoms with E-state index < -0.39 is 30.5 Å². The van der Waals surface area contributed by atoms with Gasteiger partial charge in [-0.05, 0) is 31.0 Å². The summed E-state index contributed by atoms with van der Waals surface area (Å²) in [6, 6.07) is 7.94. The molecule has 2 amide bonds. The molecule has 8 nitrogen and oxygen atoms in total. The molecular formula is C23H19F3N4O4S. The van der Waals surface area contributed by atoms with Crippen LogP contribution >= 0.6 is 11.3 Å². The highest BCUT2D eigenvalue weighted by molar-refractivity contribution is 7.21. The number of aliphatic hydroxyl groups is 1. The highest BCUT2D eigenvalue weighted by Gasteiger charge is 2.43. The number of aromatic nitrogens is 2. The van der Waals surface area contributed by atoms with Gasteiger partial charge in [0.05, 0.1) is 5.92 Å². The highest BCUT2D eigenvalue weighted by Crippen LogP contribution is 2.37. The summed E-state index contributed by atoms with van der Waals surface area (Å²) < 4.78 is 45.8. The van der Waals surface area contributed by atoms with Gasteiger partial charge in [0.1, 0.15) is 22.7 Å². The first-order valence-electron chi connectivity index (χ1n) is 10.4. The Morgan fingerprint density at radius 2 is 2.00 bits per heavy atom. The van der Waals surface area contributed by atoms with E-state index in [4.69, 9.17) is 9.84 Å². The number of hydrogen-bond acceptors (Lipinski definition) is 7. The van der Waals surface area contributed by atoms with Gasteiger partial charge < -0.3 is 15.2 Å². The van der Waals surface area contributed by atoms with Crippen molar-refractivity contribution < 1.29 is 32.6 Å². The lowest BCUT2D eigenvalue weighted by molar-refractivity contribution is -0.165. The molecule has 1 aromatic carbocycles. The van der Waals surface area contributed by atoms with Crippen molar-refractivity contribution in [2.45, 2.75) is 19.5 Å². The van der Waals surface area contributed by atoms with Gasteiger partial charge in [0.2, 0.25) is 5.88 Å². The van der Waals surface area contributed by atoms with Crippen LogP contribution in [0.3, 0.4) is 0 Å². The zero-order valence-electron chi connectivity index (χ0n) is 18.2. The van der Waals surface area contributed by atoms with E-state index in [0.717, 1.165) is 11.3 Å². The van der Waals surface area contributed by atoms with Gasteiger partial charge in [-0.15, -0.1) is 0 Å². The molecule has 2 heterocycles. The second-order valence-electron chi connectivity index (χ2n) is 7.62. The predicted octanol–water partition coefficient (Wildman–Crippen LogP) is 4.73. The summed E-state index contributed by atoms with van der Waals surface area (Å²) >= 11 is 1.09. The molecule has 0 spiro atoms. The minimum atomic E-state index is -4.53. The molecule has 3 N–H and O–H groups in total. The van der Waals surface area contributed by atoms with Crippen molar-refractivity contribution in [1.82, 2.24) is 9.97 Å². The number of aliphatic hydroxyl groups excluding tert-OH is 1. The highest BCUT2D eigenvalue weighted by atomic mass is 32.1. The standard InChI is InChI=1S/C23H19F3N4O4S/c1-12-6-7-13(27-20(33)14-4-2-3-5-15(14)23(24,25)26)10-17(12)34-19-9-8-16-21(30-19)35-22(28-16)29-18(32)11-31/h2-4,6-10,15,31H,5,11H2,1H3,(H,27,33)(H,28,29,32). The average Bonchev–Trinajstić information content (AvgIpc) is 3.22. The Hall–Kier alpha value is -3.77. The van der Waals surface area contributed by atoms with Gasteiger partial charge in [-0.3, -0.25) is 14.9 Å². The van der Waals surface area contributed by atoms with Crippen LogP contribution in [-0.4, -0.2) is 39.7 Å². The molecule has 35 heavy (non-hydrogen) atoms. The lowest BCUT2D eigenvalue weighted by atomic mass is 9.90. The van der Waals surface area contributed by atoms with Crippen LogP contribution in [0.4, 0.5) is 24.0 Å². The lowest BCUT2D eigenvalue weighted by Gasteiger charge is -2.23. The first-order chi connectivity index (χ1) is 16.6. The first kappa shape index (κ1) is 24.4. The maximum absolute atomic E-state index is 13.3. The van der Waals surface area contributed by atoms with Crippen molar-refractivity contribution >= 4 is 44.3 Å². The first-order valence-corrected chi connectivity index (χ1v) is 11.2. The number of alkyl halides is 3. The number of carbonyl (C=O) groups is 2. The maximum atomic E-state index is 13.3. The lowest BCUT2D eigenvalue weighted by Crippen LogP contribution is -2.31. The molecule has 182 valence electrons. The largest absolute Gasteiger partial charge is 0.439 e. The van der Waals surface area contributed by atoms with Crippen LogP contribution in [0, 0.1) is 12.8 Å². The summed E-state index contributed by atoms with van der Waals surface area (Å²) in [6.07, 6.45) is -0.834. The summed E-state index contributed by atoms with van der Waals surface area (Å²) in [5, 5.41) is 14.1. The third-order valence-electron chi connectivity index (χ3n) is 5.10. The normalized spacial score (nSPS) is 15.6. The van der Waals surface area contributed by atoms with Crippen LogP contribution in [0.25, 0.3) is 10.3 Å². The fourth-order valence-electron chi connectivity index (χ4n) is 3.35. The molecule has 0 saturated heterocycles. The second kappa shape index (κ2) is 9.84. The smallest absolute Gasteiger partial charge is 0.396 e. The van der Waals surface area contributed by atoms with Crippen LogP contribution in [-0.2, 0) is 9.59 Å². The molecule has 0 fully saturated rings. The number of rotatable bonds is 6. The van der Waals surface area contributed by atoms with Crippen LogP contribution in [0.1, 0.15) is 12.0 Å². The SMILES string of the molecule is Cc1ccc(NC(=O)C2=CC=CCC2C(F)(F)F)cc1Oc1ccc2nc(NC(=O)CO)sc2n1. The van der Waals surface area contributed by atoms with Gasteiger partial charge in [-0.25, -0.2) is 9.97 Å². The Bertz CT molecular complexity index is 1350. The van der Waals surface area contributed by atoms with E-state index in [1.807, 2.05) is 0 Å². The molecule has 12 heteroatoms. The molecule has 3 aromatic rings. The number of anilines is 2. The van der Waals surface area contributed by atoms with Gasteiger partial charge in [-0.2, -0.15) is 13.2 Å². The molecule has 1 aliphatic rings. The fourth-order valence-corrected chi connectivity index (χ4v) is 4.19. The molecular weight excluding hydrogens is 485 g/mol. The van der Waals surface area contributed by atoms with E-state index >= 15 is 0 Å². The number of nitrogens with one attached hydrogen (secondary N) is 2. The van der Waals surface area contributed by atoms with Crippen LogP contribution < -0.4 is 15.4 Å². The molecule has 0 bridgehead atoms. The third-order valence-corrected chi connectivity index (χ3v) is 5.98. The number of fused-ring (bicyclic) bond motifs is 1. The zero-order chi connectivity index (χ0) is 25.2. The summed E-state index contributed by atoms with van der Waals surface area (Å²) in [5.41, 5.74) is 1.13. The number of benzene rings is 1.